The van der Waals surface area contributed by atoms with Crippen molar-refractivity contribution in [1.82, 2.24) is 19.6 Å². The van der Waals surface area contributed by atoms with Crippen LogP contribution in [0.5, 0.6) is 11.5 Å². The maximum absolute atomic E-state index is 14.0. The minimum atomic E-state index is -4.58. The Balaban J connectivity index is 0.960. The van der Waals surface area contributed by atoms with Gasteiger partial charge in [0, 0.05) is 79.3 Å². The number of nitrogens with zero attached hydrogens (tertiary/aromatic N) is 5. The van der Waals surface area contributed by atoms with E-state index in [0.717, 1.165) is 67.7 Å². The number of rotatable bonds is 11. The normalized spacial score (nSPS) is 17.8. The van der Waals surface area contributed by atoms with Gasteiger partial charge in [0.15, 0.2) is 0 Å². The topological polar surface area (TPSA) is 163 Å². The number of hydrogen-bond acceptors (Lipinski definition) is 10. The number of nitro groups is 1. The van der Waals surface area contributed by atoms with Gasteiger partial charge in [0.25, 0.3) is 21.6 Å². The molecule has 0 atom stereocenters. The molecule has 5 aromatic rings. The zero-order chi connectivity index (χ0) is 41.8. The van der Waals surface area contributed by atoms with Crippen molar-refractivity contribution in [2.24, 2.45) is 16.3 Å². The van der Waals surface area contributed by atoms with Crippen molar-refractivity contribution < 1.29 is 22.9 Å². The molecule has 0 bridgehead atoms. The lowest BCUT2D eigenvalue weighted by Crippen LogP contribution is -2.47. The van der Waals surface area contributed by atoms with E-state index in [1.165, 1.54) is 54.7 Å². The number of aromatic amines is 1. The number of pyridine rings is 1. The van der Waals surface area contributed by atoms with Crippen molar-refractivity contribution >= 4 is 66.9 Å². The van der Waals surface area contributed by atoms with E-state index in [2.05, 4.69) is 41.6 Å². The third-order valence-electron chi connectivity index (χ3n) is 12.7. The fourth-order valence-corrected chi connectivity index (χ4v) is 10.2. The monoisotopic (exact) mass is 847 g/mol. The smallest absolute Gasteiger partial charge is 0.276 e. The van der Waals surface area contributed by atoms with E-state index in [4.69, 9.17) is 16.3 Å². The maximum Gasteiger partial charge on any atom is 0.276 e. The Labute approximate surface area is 353 Å². The van der Waals surface area contributed by atoms with Gasteiger partial charge in [-0.3, -0.25) is 24.8 Å². The highest BCUT2D eigenvalue weighted by Crippen LogP contribution is 2.55. The van der Waals surface area contributed by atoms with E-state index < -0.39 is 25.7 Å². The van der Waals surface area contributed by atoms with Crippen LogP contribution in [0.3, 0.4) is 0 Å². The molecule has 310 valence electrons. The molecule has 15 heteroatoms. The number of benzene rings is 3. The quantitative estimate of drug-likeness (QED) is 0.0975. The highest BCUT2D eigenvalue weighted by Gasteiger charge is 2.41. The molecular weight excluding hydrogens is 802 g/mol. The summed E-state index contributed by atoms with van der Waals surface area (Å²) in [6.07, 6.45) is 11.0. The predicted octanol–water partition coefficient (Wildman–Crippen LogP) is 9.25. The van der Waals surface area contributed by atoms with Crippen LogP contribution in [0.1, 0.15) is 73.9 Å². The third kappa shape index (κ3) is 7.91. The summed E-state index contributed by atoms with van der Waals surface area (Å²) < 4.78 is 36.0. The van der Waals surface area contributed by atoms with E-state index in [0.29, 0.717) is 28.1 Å². The number of sulfonamides is 1. The first-order chi connectivity index (χ1) is 28.8. The van der Waals surface area contributed by atoms with Gasteiger partial charge < -0.3 is 14.6 Å². The molecule has 9 rings (SSSR count). The van der Waals surface area contributed by atoms with Gasteiger partial charge in [-0.2, -0.15) is 0 Å². The largest absolute Gasteiger partial charge is 0.455 e. The van der Waals surface area contributed by atoms with Crippen molar-refractivity contribution in [3.63, 3.8) is 0 Å². The van der Waals surface area contributed by atoms with Gasteiger partial charge in [-0.05, 0) is 97.0 Å². The van der Waals surface area contributed by atoms with Crippen molar-refractivity contribution in [3.05, 3.63) is 117 Å². The standard InChI is InChI=1S/C45H46ClN7O6S/c1-28(2)39-24-37-40(49-39)22-35(23-41(37)53(55)56)60(57,58)50-44(54)36-9-8-33(21-42(36)59-34-20-30-11-15-47-43(30)48-26-34)52-18-16-51(17-19-52)27-31-10-14-45(12-3-13-45)25-38(31)29-4-6-32(46)7-5-29/h4-9,11,15,20-23,26,28H,3,10,12-14,16-19,24-25,27H2,1-2H3,(H,47,48)(H,50,54). The SMILES string of the molecule is CC(C)C1=Nc2cc(S(=O)(=O)NC(=O)c3ccc(N4CCN(CC5=C(c6ccc(Cl)cc6)CC6(CCC6)CC5)CC4)cc3Oc3cnc4[nH]ccc4c3)cc([N+](=O)[O-])c2C1. The van der Waals surface area contributed by atoms with Crippen LogP contribution in [0.15, 0.2) is 94.6 Å². The van der Waals surface area contributed by atoms with Gasteiger partial charge in [0.2, 0.25) is 0 Å². The molecular formula is C45H46ClN7O6S. The highest BCUT2D eigenvalue weighted by molar-refractivity contribution is 7.90. The zero-order valence-corrected chi connectivity index (χ0v) is 35.1. The Bertz CT molecular complexity index is 2700. The molecule has 1 saturated heterocycles. The molecule has 3 aromatic carbocycles. The van der Waals surface area contributed by atoms with Crippen LogP contribution in [-0.4, -0.2) is 72.6 Å². The summed E-state index contributed by atoms with van der Waals surface area (Å²) in [6.45, 7) is 7.90. The summed E-state index contributed by atoms with van der Waals surface area (Å²) in [7, 11) is -4.58. The maximum atomic E-state index is 14.0. The number of amides is 1. The molecule has 1 spiro atoms. The Morgan fingerprint density at radius 2 is 1.82 bits per heavy atom. The first kappa shape index (κ1) is 39.9. The molecule has 0 radical (unpaired) electrons. The number of piperazine rings is 1. The summed E-state index contributed by atoms with van der Waals surface area (Å²) >= 11 is 6.27. The number of nitro benzene ring substituents is 1. The summed E-state index contributed by atoms with van der Waals surface area (Å²) in [5.74, 6) is -0.444. The Hall–Kier alpha value is -5.57. The summed E-state index contributed by atoms with van der Waals surface area (Å²) in [5.41, 5.74) is 7.08. The average Bonchev–Trinajstić information content (AvgIpc) is 3.88. The second-order valence-corrected chi connectivity index (χ2v) is 18.9. The van der Waals surface area contributed by atoms with Crippen LogP contribution in [0.4, 0.5) is 17.1 Å². The lowest BCUT2D eigenvalue weighted by atomic mass is 9.59. The first-order valence-electron chi connectivity index (χ1n) is 20.5. The van der Waals surface area contributed by atoms with Crippen molar-refractivity contribution in [2.75, 3.05) is 37.6 Å². The van der Waals surface area contributed by atoms with E-state index in [9.17, 15) is 23.3 Å². The Kier molecular flexibility index (Phi) is 10.5. The molecule has 4 heterocycles. The van der Waals surface area contributed by atoms with E-state index in [1.54, 1.807) is 30.5 Å². The molecule has 2 N–H and O–H groups in total. The molecule has 1 amide bonds. The van der Waals surface area contributed by atoms with Crippen LogP contribution in [0.2, 0.25) is 5.02 Å². The number of aromatic nitrogens is 2. The number of ether oxygens (including phenoxy) is 1. The fraction of sp³-hybridized carbons (Fsp3) is 0.356. The van der Waals surface area contributed by atoms with Gasteiger partial charge >= 0.3 is 0 Å². The van der Waals surface area contributed by atoms with Gasteiger partial charge in [-0.25, -0.2) is 18.1 Å². The number of carbonyl (C=O) groups excluding carboxylic acids is 1. The van der Waals surface area contributed by atoms with Gasteiger partial charge in [-0.15, -0.1) is 0 Å². The Morgan fingerprint density at radius 1 is 1.03 bits per heavy atom. The van der Waals surface area contributed by atoms with Crippen LogP contribution >= 0.6 is 11.6 Å². The second-order valence-electron chi connectivity index (χ2n) is 16.8. The molecule has 1 saturated carbocycles. The van der Waals surface area contributed by atoms with Crippen LogP contribution < -0.4 is 14.4 Å². The van der Waals surface area contributed by atoms with E-state index in [1.807, 2.05) is 32.0 Å². The minimum absolute atomic E-state index is 0.0166. The number of nitrogens with one attached hydrogen (secondary N) is 2. The number of allylic oxidation sites excluding steroid dienone is 1. The van der Waals surface area contributed by atoms with Gasteiger partial charge in [0.1, 0.15) is 17.1 Å². The van der Waals surface area contributed by atoms with Crippen LogP contribution in [0.25, 0.3) is 16.6 Å². The molecule has 13 nitrogen and oxygen atoms in total. The lowest BCUT2D eigenvalue weighted by Gasteiger charge is -2.47. The predicted molar refractivity (Wildman–Crippen MR) is 233 cm³/mol. The Morgan fingerprint density at radius 3 is 2.53 bits per heavy atom. The van der Waals surface area contributed by atoms with Gasteiger partial charge in [0.05, 0.1) is 32.8 Å². The number of halogens is 1. The van der Waals surface area contributed by atoms with Crippen molar-refractivity contribution in [3.8, 4) is 11.5 Å². The molecule has 2 fully saturated rings. The fourth-order valence-electron chi connectivity index (χ4n) is 9.07. The molecule has 2 aliphatic carbocycles. The molecule has 4 aliphatic rings. The third-order valence-corrected chi connectivity index (χ3v) is 14.3. The minimum Gasteiger partial charge on any atom is -0.455 e. The summed E-state index contributed by atoms with van der Waals surface area (Å²) in [6, 6.07) is 19.3. The van der Waals surface area contributed by atoms with Crippen molar-refractivity contribution in [1.29, 1.82) is 0 Å². The first-order valence-corrected chi connectivity index (χ1v) is 22.3. The van der Waals surface area contributed by atoms with Crippen LogP contribution in [-0.2, 0) is 16.4 Å². The summed E-state index contributed by atoms with van der Waals surface area (Å²) in [4.78, 5) is 41.7. The number of H-pyrrole nitrogens is 1. The molecule has 2 aliphatic heterocycles. The van der Waals surface area contributed by atoms with Gasteiger partial charge in [-0.1, -0.05) is 49.6 Å². The average molecular weight is 848 g/mol. The lowest BCUT2D eigenvalue weighted by molar-refractivity contribution is -0.385. The number of aliphatic imine (C=N–C) groups is 1. The highest BCUT2D eigenvalue weighted by atomic mass is 35.5. The number of hydrogen-bond donors (Lipinski definition) is 2. The van der Waals surface area contributed by atoms with Crippen LogP contribution in [0, 0.1) is 21.4 Å². The summed E-state index contributed by atoms with van der Waals surface area (Å²) in [5, 5.41) is 13.6. The number of anilines is 1. The van der Waals surface area contributed by atoms with E-state index in [-0.39, 0.29) is 35.0 Å². The molecule has 60 heavy (non-hydrogen) atoms. The van der Waals surface area contributed by atoms with E-state index >= 15 is 0 Å². The number of fused-ring (bicyclic) bond motifs is 2. The second kappa shape index (κ2) is 15.8. The zero-order valence-electron chi connectivity index (χ0n) is 33.5. The number of carbonyl (C=O) groups is 1. The molecule has 0 unspecified atom stereocenters. The molecule has 2 aromatic heterocycles. The van der Waals surface area contributed by atoms with Crippen molar-refractivity contribution in [2.45, 2.75) is 63.7 Å².